The van der Waals surface area contributed by atoms with E-state index in [0.29, 0.717) is 25.7 Å². The molecule has 0 heterocycles. The van der Waals surface area contributed by atoms with Gasteiger partial charge in [0.25, 0.3) is 0 Å². The number of unbranched alkanes of at least 4 members (excludes halogenated alkanes) is 47. The second-order valence-electron chi connectivity index (χ2n) is 27.6. The van der Waals surface area contributed by atoms with Gasteiger partial charge in [-0.3, -0.25) is 37.3 Å². The molecule has 17 nitrogen and oxygen atoms in total. The van der Waals surface area contributed by atoms with Gasteiger partial charge in [0.1, 0.15) is 19.3 Å². The highest BCUT2D eigenvalue weighted by Gasteiger charge is 2.30. The van der Waals surface area contributed by atoms with E-state index in [9.17, 15) is 43.2 Å². The SMILES string of the molecule is CCCCCCCCCCCCCCCCCCCCC(=O)O[C@H](COC(=O)CCCCCCCCCCCCCCCCC)COP(=O)(O)OC[C@@H](O)COP(=O)(O)OC[C@@H](COC(=O)CCCCCCCCCC)OC(=O)CCCCCCCCCCCCC(C)CC. The lowest BCUT2D eigenvalue weighted by Crippen LogP contribution is -2.30. The van der Waals surface area contributed by atoms with Gasteiger partial charge in [0.05, 0.1) is 26.4 Å². The van der Waals surface area contributed by atoms with Crippen molar-refractivity contribution in [2.45, 2.75) is 419 Å². The van der Waals surface area contributed by atoms with E-state index in [1.807, 2.05) is 0 Å². The molecule has 0 aromatic heterocycles. The van der Waals surface area contributed by atoms with E-state index in [0.717, 1.165) is 102 Å². The number of aliphatic hydroxyl groups excluding tert-OH is 1. The van der Waals surface area contributed by atoms with Gasteiger partial charge in [-0.05, 0) is 31.6 Å². The standard InChI is InChI=1S/C76H148O17P2/c1-6-10-13-16-19-22-24-26-28-29-30-32-34-36-41-46-51-56-61-75(80)93-72(66-87-74(79)60-55-50-45-40-35-33-31-27-25-23-20-17-14-11-7-2)68-91-95(84,85)89-64-70(77)63-88-94(82,83)90-67-71(65-86-73(78)59-54-49-44-21-18-15-12-8-3)92-76(81)62-57-52-47-42-38-37-39-43-48-53-58-69(5)9-4/h69-72,77H,6-68H2,1-5H3,(H,82,83)(H,84,85)/t69?,70-,71+,72+/m0/s1. The van der Waals surface area contributed by atoms with Crippen LogP contribution in [-0.2, 0) is 65.4 Å². The van der Waals surface area contributed by atoms with E-state index in [2.05, 4.69) is 34.6 Å². The molecule has 6 atom stereocenters. The van der Waals surface area contributed by atoms with Crippen LogP contribution in [0.1, 0.15) is 401 Å². The average Bonchev–Trinajstić information content (AvgIpc) is 1.43. The Balaban J connectivity index is 5.21. The molecule has 0 saturated carbocycles. The lowest BCUT2D eigenvalue weighted by molar-refractivity contribution is -0.161. The molecular weight excluding hydrogens is 1250 g/mol. The molecule has 0 aromatic rings. The quantitative estimate of drug-likeness (QED) is 0.0222. The predicted molar refractivity (Wildman–Crippen MR) is 386 cm³/mol. The van der Waals surface area contributed by atoms with Crippen molar-refractivity contribution in [2.24, 2.45) is 5.92 Å². The van der Waals surface area contributed by atoms with Crippen LogP contribution in [0.3, 0.4) is 0 Å². The smallest absolute Gasteiger partial charge is 0.462 e. The fourth-order valence-corrected chi connectivity index (χ4v) is 13.3. The number of phosphoric acid groups is 2. The monoisotopic (exact) mass is 1400 g/mol. The zero-order valence-electron chi connectivity index (χ0n) is 61.8. The van der Waals surface area contributed by atoms with Gasteiger partial charge < -0.3 is 33.8 Å². The molecule has 0 radical (unpaired) electrons. The van der Waals surface area contributed by atoms with Crippen LogP contribution in [0.4, 0.5) is 0 Å². The minimum Gasteiger partial charge on any atom is -0.462 e. The highest BCUT2D eigenvalue weighted by molar-refractivity contribution is 7.47. The molecule has 0 rings (SSSR count). The highest BCUT2D eigenvalue weighted by atomic mass is 31.2. The molecule has 564 valence electrons. The fraction of sp³-hybridized carbons (Fsp3) is 0.947. The first-order valence-corrected chi connectivity index (χ1v) is 42.7. The average molecular weight is 1400 g/mol. The largest absolute Gasteiger partial charge is 0.472 e. The minimum absolute atomic E-state index is 0.106. The van der Waals surface area contributed by atoms with Gasteiger partial charge in [-0.25, -0.2) is 9.13 Å². The number of ether oxygens (including phenoxy) is 4. The van der Waals surface area contributed by atoms with Crippen LogP contribution in [0, 0.1) is 5.92 Å². The summed E-state index contributed by atoms with van der Waals surface area (Å²) in [6.45, 7) is 7.30. The first-order valence-electron chi connectivity index (χ1n) is 39.7. The number of esters is 4. The first kappa shape index (κ1) is 93.1. The molecule has 0 aromatic carbocycles. The molecular formula is C76H148O17P2. The Hall–Kier alpha value is -1.94. The molecule has 0 aliphatic rings. The van der Waals surface area contributed by atoms with Crippen molar-refractivity contribution in [3.05, 3.63) is 0 Å². The van der Waals surface area contributed by atoms with Crippen LogP contribution in [0.25, 0.3) is 0 Å². The maximum Gasteiger partial charge on any atom is 0.472 e. The second-order valence-corrected chi connectivity index (χ2v) is 30.5. The lowest BCUT2D eigenvalue weighted by Gasteiger charge is -2.21. The van der Waals surface area contributed by atoms with E-state index in [4.69, 9.17) is 37.0 Å². The molecule has 3 N–H and O–H groups in total. The maximum atomic E-state index is 13.1. The van der Waals surface area contributed by atoms with Gasteiger partial charge in [0, 0.05) is 25.7 Å². The summed E-state index contributed by atoms with van der Waals surface area (Å²) in [6, 6.07) is 0. The van der Waals surface area contributed by atoms with Crippen molar-refractivity contribution in [3.63, 3.8) is 0 Å². The van der Waals surface area contributed by atoms with Crippen LogP contribution >= 0.6 is 15.6 Å². The summed E-state index contributed by atoms with van der Waals surface area (Å²) in [6.07, 6.45) is 58.2. The number of rotatable bonds is 76. The zero-order valence-corrected chi connectivity index (χ0v) is 63.6. The van der Waals surface area contributed by atoms with Crippen molar-refractivity contribution in [1.29, 1.82) is 0 Å². The van der Waals surface area contributed by atoms with Gasteiger partial charge in [-0.15, -0.1) is 0 Å². The summed E-state index contributed by atoms with van der Waals surface area (Å²) < 4.78 is 68.5. The Bertz CT molecular complexity index is 1820. The molecule has 0 bridgehead atoms. The summed E-state index contributed by atoms with van der Waals surface area (Å²) in [4.78, 5) is 72.7. The van der Waals surface area contributed by atoms with Gasteiger partial charge in [-0.1, -0.05) is 349 Å². The summed E-state index contributed by atoms with van der Waals surface area (Å²) in [5, 5.41) is 10.6. The maximum absolute atomic E-state index is 13.1. The third-order valence-corrected chi connectivity index (χ3v) is 20.0. The Labute approximate surface area is 581 Å². The highest BCUT2D eigenvalue weighted by Crippen LogP contribution is 2.45. The van der Waals surface area contributed by atoms with Crippen molar-refractivity contribution in [2.75, 3.05) is 39.6 Å². The summed E-state index contributed by atoms with van der Waals surface area (Å²) in [5.74, 6) is -1.31. The van der Waals surface area contributed by atoms with Gasteiger partial charge in [-0.2, -0.15) is 0 Å². The third-order valence-electron chi connectivity index (χ3n) is 18.1. The van der Waals surface area contributed by atoms with E-state index < -0.39 is 97.5 Å². The Morgan fingerprint density at radius 3 is 0.747 bits per heavy atom. The normalized spacial score (nSPS) is 14.2. The summed E-state index contributed by atoms with van der Waals surface area (Å²) in [5.41, 5.74) is 0. The number of phosphoric ester groups is 2. The Morgan fingerprint density at radius 1 is 0.295 bits per heavy atom. The zero-order chi connectivity index (χ0) is 69.8. The number of hydrogen-bond acceptors (Lipinski definition) is 15. The molecule has 0 saturated heterocycles. The van der Waals surface area contributed by atoms with E-state index in [1.165, 1.54) is 218 Å². The van der Waals surface area contributed by atoms with Crippen molar-refractivity contribution < 1.29 is 80.2 Å². The molecule has 0 aliphatic carbocycles. The minimum atomic E-state index is -4.96. The third kappa shape index (κ3) is 69.0. The van der Waals surface area contributed by atoms with Gasteiger partial charge in [0.2, 0.25) is 0 Å². The summed E-state index contributed by atoms with van der Waals surface area (Å²) in [7, 11) is -9.91. The molecule has 95 heavy (non-hydrogen) atoms. The van der Waals surface area contributed by atoms with Crippen molar-refractivity contribution >= 4 is 39.5 Å². The second kappa shape index (κ2) is 69.2. The number of carbonyl (C=O) groups is 4. The Morgan fingerprint density at radius 2 is 0.505 bits per heavy atom. The summed E-state index contributed by atoms with van der Waals surface area (Å²) >= 11 is 0. The van der Waals surface area contributed by atoms with Crippen LogP contribution in [0.15, 0.2) is 0 Å². The lowest BCUT2D eigenvalue weighted by atomic mass is 9.99. The molecule has 0 spiro atoms. The predicted octanol–water partition coefficient (Wildman–Crippen LogP) is 22.5. The van der Waals surface area contributed by atoms with E-state index in [-0.39, 0.29) is 25.7 Å². The van der Waals surface area contributed by atoms with E-state index in [1.54, 1.807) is 0 Å². The van der Waals surface area contributed by atoms with Crippen LogP contribution in [0.5, 0.6) is 0 Å². The van der Waals surface area contributed by atoms with E-state index >= 15 is 0 Å². The molecule has 0 amide bonds. The van der Waals surface area contributed by atoms with Crippen molar-refractivity contribution in [1.82, 2.24) is 0 Å². The molecule has 0 fully saturated rings. The topological polar surface area (TPSA) is 237 Å². The number of aliphatic hydroxyl groups is 1. The first-order chi connectivity index (χ1) is 46.1. The molecule has 19 heteroatoms. The fourth-order valence-electron chi connectivity index (χ4n) is 11.7. The Kier molecular flexibility index (Phi) is 67.7. The van der Waals surface area contributed by atoms with Crippen LogP contribution in [0.2, 0.25) is 0 Å². The number of hydrogen-bond donors (Lipinski definition) is 3. The van der Waals surface area contributed by atoms with Gasteiger partial charge in [0.15, 0.2) is 12.2 Å². The van der Waals surface area contributed by atoms with Gasteiger partial charge >= 0.3 is 39.5 Å². The van der Waals surface area contributed by atoms with Crippen LogP contribution < -0.4 is 0 Å². The number of carbonyl (C=O) groups excluding carboxylic acids is 4. The molecule has 0 aliphatic heterocycles. The van der Waals surface area contributed by atoms with Crippen molar-refractivity contribution in [3.8, 4) is 0 Å². The molecule has 3 unspecified atom stereocenters. The van der Waals surface area contributed by atoms with Crippen LogP contribution in [-0.4, -0.2) is 96.7 Å².